The third-order valence-electron chi connectivity index (χ3n) is 4.69. The summed E-state index contributed by atoms with van der Waals surface area (Å²) in [6.07, 6.45) is 4.36. The van der Waals surface area contributed by atoms with Crippen molar-refractivity contribution in [3.63, 3.8) is 0 Å². The van der Waals surface area contributed by atoms with Gasteiger partial charge >= 0.3 is 0 Å². The SMILES string of the molecule is O=C(/C=C/c1ccccc1)N1CCC(S(=O)(=O)Cc2ccccc2)CC1. The minimum Gasteiger partial charge on any atom is -0.339 e. The first-order valence-corrected chi connectivity index (χ1v) is 10.5. The average Bonchev–Trinajstić information content (AvgIpc) is 2.67. The molecule has 1 heterocycles. The summed E-state index contributed by atoms with van der Waals surface area (Å²) in [5.74, 6) is 0.00755. The molecule has 26 heavy (non-hydrogen) atoms. The fourth-order valence-electron chi connectivity index (χ4n) is 3.20. The van der Waals surface area contributed by atoms with Crippen molar-refractivity contribution in [3.05, 3.63) is 77.9 Å². The summed E-state index contributed by atoms with van der Waals surface area (Å²) in [4.78, 5) is 14.0. The van der Waals surface area contributed by atoms with E-state index in [4.69, 9.17) is 0 Å². The Bertz CT molecular complexity index is 853. The van der Waals surface area contributed by atoms with Crippen LogP contribution in [-0.2, 0) is 20.4 Å². The number of benzene rings is 2. The van der Waals surface area contributed by atoms with E-state index in [2.05, 4.69) is 0 Å². The molecule has 4 nitrogen and oxygen atoms in total. The van der Waals surface area contributed by atoms with Gasteiger partial charge in [-0.1, -0.05) is 60.7 Å². The highest BCUT2D eigenvalue weighted by molar-refractivity contribution is 7.91. The molecular formula is C21H23NO3S. The molecule has 0 spiro atoms. The zero-order valence-corrected chi connectivity index (χ0v) is 15.4. The van der Waals surface area contributed by atoms with E-state index in [1.165, 1.54) is 0 Å². The molecule has 0 unspecified atom stereocenters. The van der Waals surface area contributed by atoms with Crippen molar-refractivity contribution in [1.29, 1.82) is 0 Å². The maximum Gasteiger partial charge on any atom is 0.246 e. The lowest BCUT2D eigenvalue weighted by atomic mass is 10.1. The minimum absolute atomic E-state index is 0.0623. The molecule has 3 rings (SSSR count). The van der Waals surface area contributed by atoms with Gasteiger partial charge in [0, 0.05) is 19.2 Å². The van der Waals surface area contributed by atoms with E-state index < -0.39 is 9.84 Å². The Labute approximate surface area is 155 Å². The number of hydrogen-bond donors (Lipinski definition) is 0. The van der Waals surface area contributed by atoms with E-state index in [0.717, 1.165) is 11.1 Å². The molecule has 1 aliphatic rings. The highest BCUT2D eigenvalue weighted by Gasteiger charge is 2.31. The van der Waals surface area contributed by atoms with Crippen LogP contribution in [0.25, 0.3) is 6.08 Å². The van der Waals surface area contributed by atoms with Crippen LogP contribution in [0.15, 0.2) is 66.7 Å². The minimum atomic E-state index is -3.20. The molecule has 1 amide bonds. The second-order valence-electron chi connectivity index (χ2n) is 6.56. The van der Waals surface area contributed by atoms with Crippen LogP contribution < -0.4 is 0 Å². The third kappa shape index (κ3) is 4.82. The Morgan fingerprint density at radius 3 is 2.15 bits per heavy atom. The number of carbonyl (C=O) groups excluding carboxylic acids is 1. The molecule has 0 aliphatic carbocycles. The summed E-state index contributed by atoms with van der Waals surface area (Å²) in [5.41, 5.74) is 1.79. The van der Waals surface area contributed by atoms with Gasteiger partial charge in [-0.25, -0.2) is 8.42 Å². The Kier molecular flexibility index (Phi) is 5.89. The van der Waals surface area contributed by atoms with E-state index >= 15 is 0 Å². The van der Waals surface area contributed by atoms with Crippen LogP contribution in [0.5, 0.6) is 0 Å². The Morgan fingerprint density at radius 2 is 1.54 bits per heavy atom. The predicted molar refractivity (Wildman–Crippen MR) is 104 cm³/mol. The maximum absolute atomic E-state index is 12.6. The molecular weight excluding hydrogens is 346 g/mol. The first kappa shape index (κ1) is 18.4. The lowest BCUT2D eigenvalue weighted by Crippen LogP contribution is -2.42. The molecule has 0 atom stereocenters. The molecule has 0 saturated carbocycles. The van der Waals surface area contributed by atoms with Crippen molar-refractivity contribution in [2.24, 2.45) is 0 Å². The molecule has 5 heteroatoms. The van der Waals surface area contributed by atoms with Crippen LogP contribution in [0.4, 0.5) is 0 Å². The molecule has 1 fully saturated rings. The normalized spacial score (nSPS) is 16.1. The zero-order valence-electron chi connectivity index (χ0n) is 14.6. The fourth-order valence-corrected chi connectivity index (χ4v) is 5.02. The van der Waals surface area contributed by atoms with Crippen molar-refractivity contribution in [3.8, 4) is 0 Å². The van der Waals surface area contributed by atoms with Crippen LogP contribution in [0.1, 0.15) is 24.0 Å². The van der Waals surface area contributed by atoms with Crippen LogP contribution >= 0.6 is 0 Å². The van der Waals surface area contributed by atoms with Crippen molar-refractivity contribution in [1.82, 2.24) is 4.90 Å². The number of carbonyl (C=O) groups is 1. The molecule has 2 aromatic rings. The molecule has 0 bridgehead atoms. The fraction of sp³-hybridized carbons (Fsp3) is 0.286. The summed E-state index contributed by atoms with van der Waals surface area (Å²) >= 11 is 0. The van der Waals surface area contributed by atoms with Gasteiger partial charge in [-0.15, -0.1) is 0 Å². The topological polar surface area (TPSA) is 54.5 Å². The Hall–Kier alpha value is -2.40. The van der Waals surface area contributed by atoms with E-state index in [-0.39, 0.29) is 16.9 Å². The Morgan fingerprint density at radius 1 is 0.962 bits per heavy atom. The molecule has 0 aromatic heterocycles. The van der Waals surface area contributed by atoms with Crippen molar-refractivity contribution in [2.45, 2.75) is 23.8 Å². The number of likely N-dealkylation sites (tertiary alicyclic amines) is 1. The van der Waals surface area contributed by atoms with Crippen LogP contribution in [-0.4, -0.2) is 37.6 Å². The smallest absolute Gasteiger partial charge is 0.246 e. The standard InChI is InChI=1S/C21H23NO3S/c23-21(12-11-18-7-3-1-4-8-18)22-15-13-20(14-16-22)26(24,25)17-19-9-5-2-6-10-19/h1-12,20H,13-17H2/b12-11+. The molecule has 2 aromatic carbocycles. The summed E-state index contributed by atoms with van der Waals surface area (Å²) in [7, 11) is -3.20. The van der Waals surface area contributed by atoms with Crippen molar-refractivity contribution >= 4 is 21.8 Å². The maximum atomic E-state index is 12.6. The lowest BCUT2D eigenvalue weighted by molar-refractivity contribution is -0.126. The summed E-state index contributed by atoms with van der Waals surface area (Å²) in [6.45, 7) is 0.966. The molecule has 0 N–H and O–H groups in total. The first-order valence-electron chi connectivity index (χ1n) is 8.82. The highest BCUT2D eigenvalue weighted by atomic mass is 32.2. The second kappa shape index (κ2) is 8.32. The molecule has 136 valence electrons. The quantitative estimate of drug-likeness (QED) is 0.760. The van der Waals surface area contributed by atoms with E-state index in [1.54, 1.807) is 17.1 Å². The third-order valence-corrected chi connectivity index (χ3v) is 6.91. The Balaban J connectivity index is 1.55. The van der Waals surface area contributed by atoms with Gasteiger partial charge in [0.1, 0.15) is 0 Å². The summed E-state index contributed by atoms with van der Waals surface area (Å²) in [6, 6.07) is 18.9. The summed E-state index contributed by atoms with van der Waals surface area (Å²) in [5, 5.41) is -0.371. The first-order chi connectivity index (χ1) is 12.5. The van der Waals surface area contributed by atoms with E-state index in [1.807, 2.05) is 60.7 Å². The number of sulfone groups is 1. The molecule has 1 saturated heterocycles. The van der Waals surface area contributed by atoms with Gasteiger partial charge in [0.2, 0.25) is 5.91 Å². The predicted octanol–water partition coefficient (Wildman–Crippen LogP) is 3.31. The van der Waals surface area contributed by atoms with Crippen LogP contribution in [0.3, 0.4) is 0 Å². The van der Waals surface area contributed by atoms with Gasteiger partial charge in [0.15, 0.2) is 9.84 Å². The average molecular weight is 369 g/mol. The van der Waals surface area contributed by atoms with Gasteiger partial charge in [-0.2, -0.15) is 0 Å². The van der Waals surface area contributed by atoms with Gasteiger partial charge in [-0.05, 0) is 30.0 Å². The number of amides is 1. The second-order valence-corrected chi connectivity index (χ2v) is 8.84. The van der Waals surface area contributed by atoms with Gasteiger partial charge in [0.25, 0.3) is 0 Å². The summed E-state index contributed by atoms with van der Waals surface area (Å²) < 4.78 is 25.2. The van der Waals surface area contributed by atoms with E-state index in [9.17, 15) is 13.2 Å². The highest BCUT2D eigenvalue weighted by Crippen LogP contribution is 2.22. The van der Waals surface area contributed by atoms with E-state index in [0.29, 0.717) is 25.9 Å². The van der Waals surface area contributed by atoms with Gasteiger partial charge < -0.3 is 4.90 Å². The van der Waals surface area contributed by atoms with Crippen molar-refractivity contribution in [2.75, 3.05) is 13.1 Å². The number of hydrogen-bond acceptors (Lipinski definition) is 3. The van der Waals surface area contributed by atoms with Gasteiger partial charge in [0.05, 0.1) is 11.0 Å². The zero-order chi connectivity index (χ0) is 18.4. The monoisotopic (exact) mass is 369 g/mol. The molecule has 0 radical (unpaired) electrons. The number of piperidine rings is 1. The van der Waals surface area contributed by atoms with Crippen LogP contribution in [0.2, 0.25) is 0 Å². The van der Waals surface area contributed by atoms with Gasteiger partial charge in [-0.3, -0.25) is 4.79 Å². The largest absolute Gasteiger partial charge is 0.339 e. The lowest BCUT2D eigenvalue weighted by Gasteiger charge is -2.31. The van der Waals surface area contributed by atoms with Crippen molar-refractivity contribution < 1.29 is 13.2 Å². The molecule has 1 aliphatic heterocycles. The number of nitrogens with zero attached hydrogens (tertiary/aromatic N) is 1. The van der Waals surface area contributed by atoms with Crippen LogP contribution in [0, 0.1) is 0 Å². The number of rotatable bonds is 5.